The van der Waals surface area contributed by atoms with Crippen molar-refractivity contribution in [2.75, 3.05) is 0 Å². The number of benzene rings is 1. The first kappa shape index (κ1) is 8.50. The molecule has 0 saturated carbocycles. The van der Waals surface area contributed by atoms with E-state index in [4.69, 9.17) is 0 Å². The van der Waals surface area contributed by atoms with Gasteiger partial charge in [-0.3, -0.25) is 9.36 Å². The van der Waals surface area contributed by atoms with Gasteiger partial charge in [-0.15, -0.1) is 0 Å². The summed E-state index contributed by atoms with van der Waals surface area (Å²) in [5, 5.41) is 9.18. The Hall–Kier alpha value is -2.10. The van der Waals surface area contributed by atoms with E-state index in [1.54, 1.807) is 18.3 Å². The molecular weight excluding hydrogens is 180 g/mol. The number of imidazole rings is 1. The number of phenols is 1. The summed E-state index contributed by atoms with van der Waals surface area (Å²) in [7, 11) is 0. The van der Waals surface area contributed by atoms with Crippen LogP contribution in [-0.2, 0) is 0 Å². The molecule has 0 fully saturated rings. The summed E-state index contributed by atoms with van der Waals surface area (Å²) < 4.78 is 1.36. The Bertz CT molecular complexity index is 449. The molecule has 4 heteroatoms. The molecule has 0 aliphatic rings. The lowest BCUT2D eigenvalue weighted by atomic mass is 10.2. The van der Waals surface area contributed by atoms with E-state index in [9.17, 15) is 9.90 Å². The number of nitrogens with zero attached hydrogens (tertiary/aromatic N) is 2. The van der Waals surface area contributed by atoms with Gasteiger partial charge >= 0.3 is 0 Å². The van der Waals surface area contributed by atoms with Gasteiger partial charge < -0.3 is 5.11 Å². The Kier molecular flexibility index (Phi) is 2.02. The lowest BCUT2D eigenvalue weighted by Gasteiger charge is -2.00. The number of carbonyl (C=O) groups is 1. The molecule has 0 bridgehead atoms. The zero-order chi connectivity index (χ0) is 9.97. The Balaban J connectivity index is 2.37. The average molecular weight is 188 g/mol. The zero-order valence-corrected chi connectivity index (χ0v) is 7.29. The number of aromatic nitrogens is 2. The summed E-state index contributed by atoms with van der Waals surface area (Å²) in [6.07, 6.45) is 4.51. The Labute approximate surface area is 80.4 Å². The Morgan fingerprint density at radius 3 is 2.93 bits per heavy atom. The fraction of sp³-hybridized carbons (Fsp3) is 0. The molecule has 1 aromatic heterocycles. The van der Waals surface area contributed by atoms with Gasteiger partial charge in [-0.1, -0.05) is 6.07 Å². The number of rotatable bonds is 1. The van der Waals surface area contributed by atoms with E-state index in [0.717, 1.165) is 0 Å². The van der Waals surface area contributed by atoms with Crippen molar-refractivity contribution in [3.8, 4) is 5.75 Å². The molecule has 0 aliphatic carbocycles. The van der Waals surface area contributed by atoms with E-state index in [2.05, 4.69) is 4.98 Å². The number of hydrogen-bond acceptors (Lipinski definition) is 3. The first-order chi connectivity index (χ1) is 6.77. The monoisotopic (exact) mass is 188 g/mol. The van der Waals surface area contributed by atoms with Crippen LogP contribution in [0.2, 0.25) is 0 Å². The van der Waals surface area contributed by atoms with Crippen molar-refractivity contribution in [2.24, 2.45) is 0 Å². The zero-order valence-electron chi connectivity index (χ0n) is 7.29. The van der Waals surface area contributed by atoms with Gasteiger partial charge in [0.15, 0.2) is 0 Å². The van der Waals surface area contributed by atoms with Gasteiger partial charge in [-0.2, -0.15) is 0 Å². The summed E-state index contributed by atoms with van der Waals surface area (Å²) in [6.45, 7) is 0. The molecule has 1 heterocycles. The molecule has 1 aromatic carbocycles. The lowest BCUT2D eigenvalue weighted by molar-refractivity contribution is 0.0959. The smallest absolute Gasteiger partial charge is 0.263 e. The predicted octanol–water partition coefficient (Wildman–Crippen LogP) is 1.28. The van der Waals surface area contributed by atoms with E-state index < -0.39 is 0 Å². The lowest BCUT2D eigenvalue weighted by Crippen LogP contribution is -2.09. The van der Waals surface area contributed by atoms with Gasteiger partial charge in [0.05, 0.1) is 0 Å². The molecular formula is C10H8N2O2. The van der Waals surface area contributed by atoms with Crippen LogP contribution in [0.25, 0.3) is 0 Å². The highest BCUT2D eigenvalue weighted by Crippen LogP contribution is 2.11. The molecule has 0 aliphatic heterocycles. The fourth-order valence-electron chi connectivity index (χ4n) is 1.17. The fourth-order valence-corrected chi connectivity index (χ4v) is 1.17. The number of phenolic OH excluding ortho intramolecular Hbond substituents is 1. The summed E-state index contributed by atoms with van der Waals surface area (Å²) in [6, 6.07) is 6.20. The van der Waals surface area contributed by atoms with Crippen LogP contribution in [-0.4, -0.2) is 20.6 Å². The van der Waals surface area contributed by atoms with Gasteiger partial charge in [-0.05, 0) is 18.2 Å². The number of aromatic hydroxyl groups is 1. The maximum Gasteiger partial charge on any atom is 0.263 e. The molecule has 4 nitrogen and oxygen atoms in total. The highest BCUT2D eigenvalue weighted by Gasteiger charge is 2.07. The SMILES string of the molecule is O=C(c1cccc(O)c1)n1ccnc1. The number of hydrogen-bond donors (Lipinski definition) is 1. The second-order valence-electron chi connectivity index (χ2n) is 2.83. The molecule has 1 N–H and O–H groups in total. The first-order valence-corrected chi connectivity index (χ1v) is 4.09. The van der Waals surface area contributed by atoms with E-state index >= 15 is 0 Å². The Morgan fingerprint density at radius 1 is 1.43 bits per heavy atom. The third-order valence-corrected chi connectivity index (χ3v) is 1.83. The molecule has 0 unspecified atom stereocenters. The maximum absolute atomic E-state index is 11.7. The summed E-state index contributed by atoms with van der Waals surface area (Å²) >= 11 is 0. The molecule has 0 radical (unpaired) electrons. The third-order valence-electron chi connectivity index (χ3n) is 1.83. The minimum absolute atomic E-state index is 0.0796. The molecule has 2 rings (SSSR count). The summed E-state index contributed by atoms with van der Waals surface area (Å²) in [5.41, 5.74) is 0.433. The third kappa shape index (κ3) is 1.50. The van der Waals surface area contributed by atoms with Crippen molar-refractivity contribution in [3.63, 3.8) is 0 Å². The normalized spacial score (nSPS) is 10.0. The van der Waals surface area contributed by atoms with Crippen molar-refractivity contribution >= 4 is 5.91 Å². The highest BCUT2D eigenvalue weighted by molar-refractivity contribution is 5.96. The van der Waals surface area contributed by atoms with Crippen LogP contribution in [0.3, 0.4) is 0 Å². The van der Waals surface area contributed by atoms with Crippen molar-refractivity contribution in [1.29, 1.82) is 0 Å². The van der Waals surface area contributed by atoms with Crippen LogP contribution >= 0.6 is 0 Å². The van der Waals surface area contributed by atoms with E-state index in [0.29, 0.717) is 5.56 Å². The van der Waals surface area contributed by atoms with Gasteiger partial charge in [0.2, 0.25) is 0 Å². The quantitative estimate of drug-likeness (QED) is 0.733. The largest absolute Gasteiger partial charge is 0.508 e. The summed E-state index contributed by atoms with van der Waals surface area (Å²) in [4.78, 5) is 15.4. The van der Waals surface area contributed by atoms with Gasteiger partial charge in [0, 0.05) is 18.0 Å². The molecule has 2 aromatic rings. The molecule has 0 amide bonds. The van der Waals surface area contributed by atoms with Crippen molar-refractivity contribution in [1.82, 2.24) is 9.55 Å². The van der Waals surface area contributed by atoms with Gasteiger partial charge in [0.25, 0.3) is 5.91 Å². The van der Waals surface area contributed by atoms with E-state index in [1.165, 1.54) is 29.2 Å². The molecule has 0 spiro atoms. The molecule has 0 atom stereocenters. The van der Waals surface area contributed by atoms with Crippen molar-refractivity contribution < 1.29 is 9.90 Å². The topological polar surface area (TPSA) is 55.1 Å². The van der Waals surface area contributed by atoms with Crippen molar-refractivity contribution in [3.05, 3.63) is 48.5 Å². The highest BCUT2D eigenvalue weighted by atomic mass is 16.3. The minimum atomic E-state index is -0.210. The van der Waals surface area contributed by atoms with Crippen LogP contribution in [0.5, 0.6) is 5.75 Å². The van der Waals surface area contributed by atoms with Gasteiger partial charge in [0.1, 0.15) is 12.1 Å². The van der Waals surface area contributed by atoms with Crippen LogP contribution in [0.15, 0.2) is 43.0 Å². The minimum Gasteiger partial charge on any atom is -0.508 e. The van der Waals surface area contributed by atoms with Gasteiger partial charge in [-0.25, -0.2) is 4.98 Å². The average Bonchev–Trinajstić information content (AvgIpc) is 2.69. The Morgan fingerprint density at radius 2 is 2.29 bits per heavy atom. The number of carbonyl (C=O) groups excluding carboxylic acids is 1. The second kappa shape index (κ2) is 3.33. The van der Waals surface area contributed by atoms with Crippen molar-refractivity contribution in [2.45, 2.75) is 0 Å². The van der Waals surface area contributed by atoms with Crippen LogP contribution < -0.4 is 0 Å². The second-order valence-corrected chi connectivity index (χ2v) is 2.83. The van der Waals surface area contributed by atoms with E-state index in [1.807, 2.05) is 0 Å². The molecule has 14 heavy (non-hydrogen) atoms. The van der Waals surface area contributed by atoms with Crippen LogP contribution in [0.1, 0.15) is 10.4 Å². The maximum atomic E-state index is 11.7. The molecule has 70 valence electrons. The first-order valence-electron chi connectivity index (χ1n) is 4.09. The standard InChI is InChI=1S/C10H8N2O2/c13-9-3-1-2-8(6-9)10(14)12-5-4-11-7-12/h1-7,13H. The van der Waals surface area contributed by atoms with Crippen LogP contribution in [0.4, 0.5) is 0 Å². The summed E-state index contributed by atoms with van der Waals surface area (Å²) in [5.74, 6) is -0.130. The van der Waals surface area contributed by atoms with Crippen LogP contribution in [0, 0.1) is 0 Å². The van der Waals surface area contributed by atoms with E-state index in [-0.39, 0.29) is 11.7 Å². The predicted molar refractivity (Wildman–Crippen MR) is 50.1 cm³/mol. The molecule has 0 saturated heterocycles.